The van der Waals surface area contributed by atoms with Crippen molar-refractivity contribution in [3.05, 3.63) is 60.8 Å². The predicted molar refractivity (Wildman–Crippen MR) is 416 cm³/mol. The van der Waals surface area contributed by atoms with Crippen molar-refractivity contribution in [2.24, 2.45) is 0 Å². The van der Waals surface area contributed by atoms with E-state index in [1.165, 1.54) is 379 Å². The van der Waals surface area contributed by atoms with E-state index in [-0.39, 0.29) is 18.5 Å². The minimum absolute atomic E-state index is 0.00542. The maximum atomic E-state index is 12.6. The minimum Gasteiger partial charge on any atom is -0.466 e. The summed E-state index contributed by atoms with van der Waals surface area (Å²) in [6.45, 7) is 4.93. The zero-order valence-electron chi connectivity index (χ0n) is 63.5. The number of carbonyl (C=O) groups excluding carboxylic acids is 2. The highest BCUT2D eigenvalue weighted by Gasteiger charge is 2.18. The molecule has 0 bridgehead atoms. The molecule has 0 radical (unpaired) electrons. The molecule has 6 heteroatoms. The van der Waals surface area contributed by atoms with E-state index >= 15 is 0 Å². The number of aliphatic hydroxyl groups excluding tert-OH is 2. The van der Waals surface area contributed by atoms with Gasteiger partial charge in [0.2, 0.25) is 5.91 Å². The molecule has 0 aromatic rings. The van der Waals surface area contributed by atoms with Gasteiger partial charge in [0, 0.05) is 12.8 Å². The van der Waals surface area contributed by atoms with Gasteiger partial charge in [0.25, 0.3) is 0 Å². The number of unbranched alkanes of at least 4 members (excludes halogenated alkanes) is 61. The van der Waals surface area contributed by atoms with E-state index in [4.69, 9.17) is 4.74 Å². The highest BCUT2D eigenvalue weighted by molar-refractivity contribution is 5.76. The number of amides is 1. The molecule has 0 rings (SSSR count). The van der Waals surface area contributed by atoms with Crippen molar-refractivity contribution in [3.63, 3.8) is 0 Å². The Labute approximate surface area is 588 Å². The molecule has 2 unspecified atom stereocenters. The molecule has 0 aliphatic rings. The van der Waals surface area contributed by atoms with Crippen LogP contribution in [0.25, 0.3) is 0 Å². The summed E-state index contributed by atoms with van der Waals surface area (Å²) in [5.41, 5.74) is 0. The Morgan fingerprint density at radius 1 is 0.298 bits per heavy atom. The van der Waals surface area contributed by atoms with Gasteiger partial charge in [0.05, 0.1) is 25.4 Å². The number of hydrogen-bond donors (Lipinski definition) is 3. The van der Waals surface area contributed by atoms with Crippen LogP contribution in [0.15, 0.2) is 60.8 Å². The first-order valence-corrected chi connectivity index (χ1v) is 42.6. The number of ether oxygens (including phenoxy) is 1. The maximum Gasteiger partial charge on any atom is 0.305 e. The van der Waals surface area contributed by atoms with Gasteiger partial charge < -0.3 is 20.3 Å². The van der Waals surface area contributed by atoms with Crippen molar-refractivity contribution in [2.75, 3.05) is 13.2 Å². The summed E-state index contributed by atoms with van der Waals surface area (Å²) in [4.78, 5) is 24.7. The number of carbonyl (C=O) groups is 2. The molecule has 0 fully saturated rings. The van der Waals surface area contributed by atoms with E-state index in [0.717, 1.165) is 57.8 Å². The number of aliphatic hydroxyl groups is 2. The smallest absolute Gasteiger partial charge is 0.305 e. The van der Waals surface area contributed by atoms with E-state index in [2.05, 4.69) is 67.8 Å². The zero-order chi connectivity index (χ0) is 67.7. The van der Waals surface area contributed by atoms with Gasteiger partial charge in [0.1, 0.15) is 0 Å². The summed E-state index contributed by atoms with van der Waals surface area (Å²) in [5, 5.41) is 23.3. The van der Waals surface area contributed by atoms with Crippen LogP contribution in [0.3, 0.4) is 0 Å². The summed E-state index contributed by atoms with van der Waals surface area (Å²) in [7, 11) is 0. The first kappa shape index (κ1) is 91.6. The molecule has 0 saturated heterocycles. The monoisotopic (exact) mass is 1320 g/mol. The molecule has 1 amide bonds. The topological polar surface area (TPSA) is 95.9 Å². The van der Waals surface area contributed by atoms with Crippen LogP contribution in [0, 0.1) is 0 Å². The lowest BCUT2D eigenvalue weighted by molar-refractivity contribution is -0.143. The third kappa shape index (κ3) is 78.6. The molecule has 3 N–H and O–H groups in total. The summed E-state index contributed by atoms with van der Waals surface area (Å²) < 4.78 is 5.50. The van der Waals surface area contributed by atoms with Crippen molar-refractivity contribution in [1.29, 1.82) is 0 Å². The summed E-state index contributed by atoms with van der Waals surface area (Å²) in [5.74, 6) is -0.0551. The van der Waals surface area contributed by atoms with Crippen LogP contribution in [0.5, 0.6) is 0 Å². The van der Waals surface area contributed by atoms with Gasteiger partial charge in [-0.15, -0.1) is 0 Å². The Hall–Kier alpha value is -2.44. The number of esters is 1. The van der Waals surface area contributed by atoms with Crippen molar-refractivity contribution >= 4 is 11.9 Å². The van der Waals surface area contributed by atoms with Gasteiger partial charge >= 0.3 is 5.97 Å². The van der Waals surface area contributed by atoms with Crippen molar-refractivity contribution in [1.82, 2.24) is 5.32 Å². The fraction of sp³-hybridized carbons (Fsp3) is 0.864. The summed E-state index contributed by atoms with van der Waals surface area (Å²) in [6, 6.07) is -0.628. The van der Waals surface area contributed by atoms with Crippen LogP contribution in [0.4, 0.5) is 0 Å². The van der Waals surface area contributed by atoms with Gasteiger partial charge in [-0.1, -0.05) is 415 Å². The molecule has 6 nitrogen and oxygen atoms in total. The van der Waals surface area contributed by atoms with Gasteiger partial charge in [0.15, 0.2) is 0 Å². The minimum atomic E-state index is -0.845. The molecular formula is C88H165NO5. The van der Waals surface area contributed by atoms with Gasteiger partial charge in [-0.25, -0.2) is 0 Å². The average Bonchev–Trinajstić information content (AvgIpc) is 3.79. The first-order chi connectivity index (χ1) is 46.5. The maximum absolute atomic E-state index is 12.6. The summed E-state index contributed by atoms with van der Waals surface area (Å²) in [6.07, 6.45) is 112. The predicted octanol–water partition coefficient (Wildman–Crippen LogP) is 28.5. The van der Waals surface area contributed by atoms with E-state index in [0.29, 0.717) is 19.4 Å². The molecule has 0 aliphatic carbocycles. The second-order valence-corrected chi connectivity index (χ2v) is 29.2. The van der Waals surface area contributed by atoms with Crippen LogP contribution < -0.4 is 5.32 Å². The number of rotatable bonds is 80. The molecule has 0 saturated carbocycles. The van der Waals surface area contributed by atoms with Crippen LogP contribution in [0.1, 0.15) is 463 Å². The van der Waals surface area contributed by atoms with E-state index in [1.54, 1.807) is 6.08 Å². The molecule has 552 valence electrons. The molecule has 0 aliphatic heterocycles. The van der Waals surface area contributed by atoms with Gasteiger partial charge in [-0.2, -0.15) is 0 Å². The lowest BCUT2D eigenvalue weighted by Crippen LogP contribution is -2.45. The largest absolute Gasteiger partial charge is 0.466 e. The van der Waals surface area contributed by atoms with Crippen LogP contribution in [0.2, 0.25) is 0 Å². The first-order valence-electron chi connectivity index (χ1n) is 42.6. The second-order valence-electron chi connectivity index (χ2n) is 29.2. The van der Waals surface area contributed by atoms with Gasteiger partial charge in [-0.3, -0.25) is 9.59 Å². The van der Waals surface area contributed by atoms with Crippen molar-refractivity contribution in [2.45, 2.75) is 475 Å². The fourth-order valence-corrected chi connectivity index (χ4v) is 13.3. The number of hydrogen-bond acceptors (Lipinski definition) is 5. The SMILES string of the molecule is CCCCCC/C=C\C/C=C\CCCCCCCC(=O)OCCCCCCCCCCCCCCC/C=C\C/C=C\CCCCCCCCCCCCCCCCCCCC(=O)NC(CO)C(O)/C=C/CCCCCCCCCCCCCCCCCCCCCCCC. The molecule has 0 aromatic heterocycles. The molecular weight excluding hydrogens is 1150 g/mol. The highest BCUT2D eigenvalue weighted by Crippen LogP contribution is 2.20. The Kier molecular flexibility index (Phi) is 80.8. The Morgan fingerprint density at radius 3 is 0.819 bits per heavy atom. The molecule has 0 heterocycles. The second kappa shape index (κ2) is 83.0. The lowest BCUT2D eigenvalue weighted by atomic mass is 10.0. The third-order valence-electron chi connectivity index (χ3n) is 19.8. The normalized spacial score (nSPS) is 12.8. The van der Waals surface area contributed by atoms with Crippen LogP contribution >= 0.6 is 0 Å². The molecule has 94 heavy (non-hydrogen) atoms. The number of nitrogens with one attached hydrogen (secondary N) is 1. The Bertz CT molecular complexity index is 1620. The van der Waals surface area contributed by atoms with Crippen molar-refractivity contribution < 1.29 is 24.5 Å². The van der Waals surface area contributed by atoms with Gasteiger partial charge in [-0.05, 0) is 96.3 Å². The lowest BCUT2D eigenvalue weighted by Gasteiger charge is -2.20. The van der Waals surface area contributed by atoms with E-state index in [9.17, 15) is 19.8 Å². The molecule has 0 aromatic carbocycles. The van der Waals surface area contributed by atoms with Crippen molar-refractivity contribution in [3.8, 4) is 0 Å². The highest BCUT2D eigenvalue weighted by atomic mass is 16.5. The molecule has 2 atom stereocenters. The third-order valence-corrected chi connectivity index (χ3v) is 19.8. The van der Waals surface area contributed by atoms with E-state index in [1.807, 2.05) is 6.08 Å². The standard InChI is InChI=1S/C88H165NO5/c1-3-5-7-9-11-13-15-17-19-21-22-23-24-40-43-46-49-52-56-60-64-68-72-76-80-86(91)85(84-90)89-87(92)81-77-73-69-65-61-57-53-50-47-44-41-38-36-34-32-30-28-26-25-27-29-31-33-35-37-39-42-45-48-51-55-59-63-67-71-75-79-83-94-88(93)82-78-74-70-66-62-58-54-20-18-16-14-12-10-8-6-4-2/h14,16,20,25,27,31,33,54,76,80,85-86,90-91H,3-13,15,17-19,21-24,26,28-30,32,34-53,55-75,77-79,81-84H2,1-2H3,(H,89,92)/b16-14-,27-25-,33-31-,54-20-,80-76+. The fourth-order valence-electron chi connectivity index (χ4n) is 13.3. The zero-order valence-corrected chi connectivity index (χ0v) is 63.5. The summed E-state index contributed by atoms with van der Waals surface area (Å²) >= 11 is 0. The van der Waals surface area contributed by atoms with Crippen LogP contribution in [-0.2, 0) is 14.3 Å². The quantitative estimate of drug-likeness (QED) is 0.0320. The number of allylic oxidation sites excluding steroid dienone is 9. The average molecular weight is 1320 g/mol. The van der Waals surface area contributed by atoms with Crippen LogP contribution in [-0.4, -0.2) is 47.4 Å². The Balaban J connectivity index is 3.39. The Morgan fingerprint density at radius 2 is 0.532 bits per heavy atom. The van der Waals surface area contributed by atoms with E-state index < -0.39 is 12.1 Å². The molecule has 0 spiro atoms.